The average molecular weight is 581 g/mol. The number of ether oxygens (including phenoxy) is 1. The molecule has 0 aromatic heterocycles. The van der Waals surface area contributed by atoms with Crippen molar-refractivity contribution < 1.29 is 24.0 Å². The van der Waals surface area contributed by atoms with Gasteiger partial charge in [0.1, 0.15) is 5.75 Å². The molecule has 0 spiro atoms. The number of nitrogens with one attached hydrogen (secondary N) is 3. The van der Waals surface area contributed by atoms with Crippen molar-refractivity contribution in [2.24, 2.45) is 0 Å². The molecule has 1 aromatic rings. The second-order valence-electron chi connectivity index (χ2n) is 9.80. The molecule has 0 heterocycles. The number of hydroxylamine groups is 2. The summed E-state index contributed by atoms with van der Waals surface area (Å²) in [5, 5.41) is 9.95. The molecular weight excluding hydrogens is 528 g/mol. The Labute approximate surface area is 245 Å². The normalized spacial score (nSPS) is 11.5. The molecular formula is C30H52N4O5S. The fourth-order valence-corrected chi connectivity index (χ4v) is 4.52. The van der Waals surface area contributed by atoms with Crippen LogP contribution in [-0.2, 0) is 19.2 Å². The van der Waals surface area contributed by atoms with Gasteiger partial charge in [-0.25, -0.2) is 5.06 Å². The van der Waals surface area contributed by atoms with Crippen molar-refractivity contribution in [2.45, 2.75) is 97.1 Å². The van der Waals surface area contributed by atoms with Crippen molar-refractivity contribution in [2.75, 3.05) is 44.1 Å². The number of hydrogen-bond acceptors (Lipinski definition) is 7. The molecule has 1 aromatic carbocycles. The molecule has 228 valence electrons. The predicted octanol–water partition coefficient (Wildman–Crippen LogP) is 5.51. The molecule has 1 rings (SSSR count). The minimum atomic E-state index is -0.967. The van der Waals surface area contributed by atoms with Gasteiger partial charge in [-0.05, 0) is 50.3 Å². The van der Waals surface area contributed by atoms with Gasteiger partial charge in [-0.15, -0.1) is 0 Å². The maximum atomic E-state index is 12.8. The standard InChI is InChI=1S/C30H52N4O5S/c1-5-7-8-9-10-11-12-13-14-15-22-31-27(35)17-16-23-39-26-20-18-25(19-21-26)32-29(33-28(36)24-40-4)30(37)34(6-2)38-3/h18-21,29,32H,5-17,22-24H2,1-4H3,(H,31,35)(H,33,36). The fourth-order valence-electron chi connectivity index (χ4n) is 4.18. The molecule has 0 saturated carbocycles. The Kier molecular flexibility index (Phi) is 20.7. The van der Waals surface area contributed by atoms with E-state index in [1.54, 1.807) is 31.2 Å². The van der Waals surface area contributed by atoms with E-state index in [1.165, 1.54) is 81.7 Å². The lowest BCUT2D eigenvalue weighted by Gasteiger charge is -2.26. The van der Waals surface area contributed by atoms with Crippen LogP contribution in [0.25, 0.3) is 0 Å². The third-order valence-corrected chi connectivity index (χ3v) is 6.97. The van der Waals surface area contributed by atoms with E-state index in [4.69, 9.17) is 9.57 Å². The summed E-state index contributed by atoms with van der Waals surface area (Å²) >= 11 is 1.38. The number of rotatable bonds is 24. The van der Waals surface area contributed by atoms with Gasteiger partial charge in [0.05, 0.1) is 19.5 Å². The van der Waals surface area contributed by atoms with E-state index >= 15 is 0 Å². The molecule has 0 aliphatic carbocycles. The summed E-state index contributed by atoms with van der Waals surface area (Å²) in [7, 11) is 1.41. The first-order valence-electron chi connectivity index (χ1n) is 14.8. The number of amides is 3. The zero-order chi connectivity index (χ0) is 29.4. The van der Waals surface area contributed by atoms with Crippen molar-refractivity contribution >= 4 is 35.2 Å². The monoisotopic (exact) mass is 580 g/mol. The van der Waals surface area contributed by atoms with E-state index in [0.29, 0.717) is 37.4 Å². The van der Waals surface area contributed by atoms with E-state index in [9.17, 15) is 14.4 Å². The zero-order valence-electron chi connectivity index (χ0n) is 25.1. The summed E-state index contributed by atoms with van der Waals surface area (Å²) in [4.78, 5) is 42.1. The molecule has 3 N–H and O–H groups in total. The Hall–Kier alpha value is -2.46. The molecule has 9 nitrogen and oxygen atoms in total. The number of carbonyl (C=O) groups excluding carboxylic acids is 3. The lowest BCUT2D eigenvalue weighted by molar-refractivity contribution is -0.176. The van der Waals surface area contributed by atoms with Gasteiger partial charge >= 0.3 is 0 Å². The molecule has 0 bridgehead atoms. The van der Waals surface area contributed by atoms with Crippen LogP contribution in [-0.4, -0.2) is 67.8 Å². The number of unbranched alkanes of at least 4 members (excludes halogenated alkanes) is 9. The summed E-state index contributed by atoms with van der Waals surface area (Å²) in [6.45, 7) is 5.56. The third-order valence-electron chi connectivity index (χ3n) is 6.42. The highest BCUT2D eigenvalue weighted by Gasteiger charge is 2.25. The van der Waals surface area contributed by atoms with Gasteiger partial charge in [0.25, 0.3) is 5.91 Å². The maximum Gasteiger partial charge on any atom is 0.289 e. The number of likely N-dealkylation sites (N-methyl/N-ethyl adjacent to an activating group) is 1. The van der Waals surface area contributed by atoms with Crippen molar-refractivity contribution in [3.63, 3.8) is 0 Å². The maximum absolute atomic E-state index is 12.8. The van der Waals surface area contributed by atoms with E-state index in [1.807, 2.05) is 6.26 Å². The van der Waals surface area contributed by atoms with Crippen LogP contribution in [0.2, 0.25) is 0 Å². The van der Waals surface area contributed by atoms with E-state index < -0.39 is 12.1 Å². The Bertz CT molecular complexity index is 821. The number of carbonyl (C=O) groups is 3. The first-order chi connectivity index (χ1) is 19.4. The Morgan fingerprint density at radius 1 is 0.875 bits per heavy atom. The van der Waals surface area contributed by atoms with E-state index in [2.05, 4.69) is 22.9 Å². The SMILES string of the molecule is CCCCCCCCCCCCNC(=O)CCCOc1ccc(NC(NC(=O)CSC)C(=O)N(CC)OC)cc1. The lowest BCUT2D eigenvalue weighted by Crippen LogP contribution is -2.52. The first kappa shape index (κ1) is 35.6. The quantitative estimate of drug-likeness (QED) is 0.0840. The topological polar surface area (TPSA) is 109 Å². The number of thioether (sulfide) groups is 1. The van der Waals surface area contributed by atoms with Crippen LogP contribution in [0.4, 0.5) is 5.69 Å². The summed E-state index contributed by atoms with van der Waals surface area (Å²) in [6, 6.07) is 7.12. The van der Waals surface area contributed by atoms with Crippen LogP contribution < -0.4 is 20.7 Å². The molecule has 0 fully saturated rings. The molecule has 0 saturated heterocycles. The van der Waals surface area contributed by atoms with Gasteiger partial charge in [0.15, 0.2) is 6.17 Å². The summed E-state index contributed by atoms with van der Waals surface area (Å²) in [6.07, 6.45) is 14.8. The van der Waals surface area contributed by atoms with Crippen molar-refractivity contribution in [1.82, 2.24) is 15.7 Å². The smallest absolute Gasteiger partial charge is 0.289 e. The first-order valence-corrected chi connectivity index (χ1v) is 16.2. The summed E-state index contributed by atoms with van der Waals surface area (Å²) < 4.78 is 5.77. The summed E-state index contributed by atoms with van der Waals surface area (Å²) in [5.41, 5.74) is 0.647. The van der Waals surface area contributed by atoms with Crippen molar-refractivity contribution in [3.05, 3.63) is 24.3 Å². The second kappa shape index (κ2) is 23.3. The largest absolute Gasteiger partial charge is 0.494 e. The number of anilines is 1. The average Bonchev–Trinajstić information content (AvgIpc) is 2.95. The van der Waals surface area contributed by atoms with Crippen LogP contribution in [0, 0.1) is 0 Å². The van der Waals surface area contributed by atoms with Crippen LogP contribution in [0.1, 0.15) is 90.9 Å². The molecule has 40 heavy (non-hydrogen) atoms. The van der Waals surface area contributed by atoms with Crippen LogP contribution >= 0.6 is 11.8 Å². The van der Waals surface area contributed by atoms with Gasteiger partial charge in [-0.1, -0.05) is 64.7 Å². The second-order valence-corrected chi connectivity index (χ2v) is 10.7. The van der Waals surface area contributed by atoms with Crippen LogP contribution in [0.15, 0.2) is 24.3 Å². The van der Waals surface area contributed by atoms with Gasteiger partial charge in [0, 0.05) is 25.2 Å². The minimum Gasteiger partial charge on any atom is -0.494 e. The highest BCUT2D eigenvalue weighted by Crippen LogP contribution is 2.17. The molecule has 3 amide bonds. The third kappa shape index (κ3) is 16.6. The highest BCUT2D eigenvalue weighted by atomic mass is 32.2. The zero-order valence-corrected chi connectivity index (χ0v) is 25.9. The molecule has 1 atom stereocenters. The lowest BCUT2D eigenvalue weighted by atomic mass is 10.1. The Morgan fingerprint density at radius 2 is 1.50 bits per heavy atom. The Balaban J connectivity index is 2.28. The van der Waals surface area contributed by atoms with Crippen LogP contribution in [0.5, 0.6) is 5.75 Å². The van der Waals surface area contributed by atoms with Crippen LogP contribution in [0.3, 0.4) is 0 Å². The van der Waals surface area contributed by atoms with E-state index in [-0.39, 0.29) is 17.6 Å². The summed E-state index contributed by atoms with van der Waals surface area (Å²) in [5.74, 6) is 0.326. The predicted molar refractivity (Wildman–Crippen MR) is 164 cm³/mol. The molecule has 0 radical (unpaired) electrons. The molecule has 0 aliphatic heterocycles. The van der Waals surface area contributed by atoms with Crippen molar-refractivity contribution in [1.29, 1.82) is 0 Å². The highest BCUT2D eigenvalue weighted by molar-refractivity contribution is 7.99. The minimum absolute atomic E-state index is 0.0653. The Morgan fingerprint density at radius 3 is 2.08 bits per heavy atom. The fraction of sp³-hybridized carbons (Fsp3) is 0.700. The van der Waals surface area contributed by atoms with Gasteiger partial charge in [-0.3, -0.25) is 19.2 Å². The van der Waals surface area contributed by atoms with Gasteiger partial charge in [-0.2, -0.15) is 11.8 Å². The number of hydrogen-bond donors (Lipinski definition) is 3. The van der Waals surface area contributed by atoms with Gasteiger partial charge in [0.2, 0.25) is 11.8 Å². The molecule has 10 heteroatoms. The number of nitrogens with zero attached hydrogens (tertiary/aromatic N) is 1. The van der Waals surface area contributed by atoms with Crippen molar-refractivity contribution in [3.8, 4) is 5.75 Å². The van der Waals surface area contributed by atoms with E-state index in [0.717, 1.165) is 13.0 Å². The molecule has 1 unspecified atom stereocenters. The van der Waals surface area contributed by atoms with Gasteiger partial charge < -0.3 is 20.7 Å². The molecule has 0 aliphatic rings. The number of benzene rings is 1.